The molecule has 1 atom stereocenters. The van der Waals surface area contributed by atoms with Gasteiger partial charge in [0.05, 0.1) is 30.8 Å². The van der Waals surface area contributed by atoms with Crippen molar-refractivity contribution in [3.63, 3.8) is 0 Å². The van der Waals surface area contributed by atoms with Crippen molar-refractivity contribution in [3.05, 3.63) is 35.4 Å². The molecule has 6 heteroatoms. The summed E-state index contributed by atoms with van der Waals surface area (Å²) in [6, 6.07) is 8.69. The summed E-state index contributed by atoms with van der Waals surface area (Å²) in [6.07, 6.45) is 1.66. The van der Waals surface area contributed by atoms with Crippen LogP contribution in [0.3, 0.4) is 0 Å². The van der Waals surface area contributed by atoms with Gasteiger partial charge in [0.1, 0.15) is 0 Å². The molecule has 0 spiro atoms. The monoisotopic (exact) mass is 327 g/mol. The topological polar surface area (TPSA) is 73.6 Å². The highest BCUT2D eigenvalue weighted by atomic mass is 16.5. The number of carbonyl (C=O) groups excluding carboxylic acids is 2. The van der Waals surface area contributed by atoms with E-state index in [1.54, 1.807) is 29.2 Å². The number of ether oxygens (including phenoxy) is 1. The van der Waals surface area contributed by atoms with Gasteiger partial charge in [-0.05, 0) is 37.1 Å². The quantitative estimate of drug-likeness (QED) is 0.820. The lowest BCUT2D eigenvalue weighted by atomic mass is 9.95. The number of rotatable bonds is 2. The van der Waals surface area contributed by atoms with E-state index in [9.17, 15) is 9.59 Å². The van der Waals surface area contributed by atoms with Gasteiger partial charge in [0.15, 0.2) is 0 Å². The summed E-state index contributed by atoms with van der Waals surface area (Å²) < 4.78 is 5.29. The Morgan fingerprint density at radius 1 is 1.08 bits per heavy atom. The molecule has 0 saturated carbocycles. The summed E-state index contributed by atoms with van der Waals surface area (Å²) in [5.41, 5.74) is 1.10. The molecule has 0 aliphatic carbocycles. The van der Waals surface area contributed by atoms with Crippen molar-refractivity contribution in [3.8, 4) is 6.07 Å². The molecule has 2 aliphatic rings. The molecule has 126 valence electrons. The lowest BCUT2D eigenvalue weighted by molar-refractivity contribution is -0.141. The number of morpholine rings is 1. The number of likely N-dealkylation sites (tertiary alicyclic amines) is 1. The minimum atomic E-state index is -0.126. The minimum absolute atomic E-state index is 0.0704. The number of benzene rings is 1. The van der Waals surface area contributed by atoms with Gasteiger partial charge in [-0.3, -0.25) is 9.59 Å². The van der Waals surface area contributed by atoms with Gasteiger partial charge in [-0.2, -0.15) is 5.26 Å². The fraction of sp³-hybridized carbons (Fsp3) is 0.500. The molecule has 0 bridgehead atoms. The summed E-state index contributed by atoms with van der Waals surface area (Å²) in [5.74, 6) is -0.0613. The summed E-state index contributed by atoms with van der Waals surface area (Å²) >= 11 is 0. The number of nitriles is 1. The van der Waals surface area contributed by atoms with Gasteiger partial charge < -0.3 is 14.5 Å². The van der Waals surface area contributed by atoms with Gasteiger partial charge in [0, 0.05) is 31.7 Å². The second-order valence-electron chi connectivity index (χ2n) is 6.22. The number of nitrogens with zero attached hydrogens (tertiary/aromatic N) is 3. The largest absolute Gasteiger partial charge is 0.378 e. The summed E-state index contributed by atoms with van der Waals surface area (Å²) in [7, 11) is 0. The van der Waals surface area contributed by atoms with E-state index in [0.717, 1.165) is 12.8 Å². The second kappa shape index (κ2) is 7.45. The molecule has 2 saturated heterocycles. The molecule has 2 heterocycles. The molecule has 2 fully saturated rings. The molecule has 3 rings (SSSR count). The van der Waals surface area contributed by atoms with Crippen LogP contribution in [0.15, 0.2) is 24.3 Å². The van der Waals surface area contributed by atoms with Crippen LogP contribution in [0, 0.1) is 17.2 Å². The average molecular weight is 327 g/mol. The van der Waals surface area contributed by atoms with Gasteiger partial charge in [0.25, 0.3) is 5.91 Å². The molecular formula is C18H21N3O3. The van der Waals surface area contributed by atoms with E-state index in [1.165, 1.54) is 0 Å². The number of carbonyl (C=O) groups is 2. The maximum absolute atomic E-state index is 12.6. The molecule has 2 aliphatic heterocycles. The Hall–Kier alpha value is -2.39. The first-order chi connectivity index (χ1) is 11.7. The number of hydrogen-bond donors (Lipinski definition) is 0. The first kappa shape index (κ1) is 16.5. The Balaban J connectivity index is 1.64. The molecule has 2 amide bonds. The molecule has 1 aromatic carbocycles. The SMILES string of the molecule is N#Cc1ccc(C(=O)N2CCC[C@@H](C(=O)N3CCOCC3)C2)cc1. The number of piperidine rings is 1. The molecule has 0 aromatic heterocycles. The van der Waals surface area contributed by atoms with E-state index >= 15 is 0 Å². The van der Waals surface area contributed by atoms with E-state index in [1.807, 2.05) is 11.0 Å². The van der Waals surface area contributed by atoms with Crippen LogP contribution in [0.25, 0.3) is 0 Å². The Kier molecular flexibility index (Phi) is 5.11. The predicted molar refractivity (Wildman–Crippen MR) is 87.2 cm³/mol. The van der Waals surface area contributed by atoms with E-state index in [-0.39, 0.29) is 17.7 Å². The van der Waals surface area contributed by atoms with Crippen LogP contribution in [0.2, 0.25) is 0 Å². The maximum Gasteiger partial charge on any atom is 0.253 e. The summed E-state index contributed by atoms with van der Waals surface area (Å²) in [6.45, 7) is 3.59. The zero-order valence-electron chi connectivity index (χ0n) is 13.6. The fourth-order valence-corrected chi connectivity index (χ4v) is 3.28. The highest BCUT2D eigenvalue weighted by Crippen LogP contribution is 2.21. The summed E-state index contributed by atoms with van der Waals surface area (Å²) in [5, 5.41) is 8.84. The Morgan fingerprint density at radius 3 is 2.46 bits per heavy atom. The van der Waals surface area contributed by atoms with Gasteiger partial charge in [-0.15, -0.1) is 0 Å². The first-order valence-corrected chi connectivity index (χ1v) is 8.35. The van der Waals surface area contributed by atoms with Crippen LogP contribution in [0.5, 0.6) is 0 Å². The fourth-order valence-electron chi connectivity index (χ4n) is 3.28. The Morgan fingerprint density at radius 2 is 1.79 bits per heavy atom. The summed E-state index contributed by atoms with van der Waals surface area (Å²) in [4.78, 5) is 28.9. The van der Waals surface area contributed by atoms with Gasteiger partial charge in [0.2, 0.25) is 5.91 Å². The van der Waals surface area contributed by atoms with Crippen LogP contribution < -0.4 is 0 Å². The Bertz CT molecular complexity index is 644. The van der Waals surface area contributed by atoms with Crippen LogP contribution in [-0.4, -0.2) is 61.0 Å². The zero-order chi connectivity index (χ0) is 16.9. The third kappa shape index (κ3) is 3.57. The zero-order valence-corrected chi connectivity index (χ0v) is 13.6. The van der Waals surface area contributed by atoms with E-state index in [4.69, 9.17) is 10.00 Å². The van der Waals surface area contributed by atoms with E-state index in [0.29, 0.717) is 50.5 Å². The number of hydrogen-bond acceptors (Lipinski definition) is 4. The molecule has 0 unspecified atom stereocenters. The third-order valence-corrected chi connectivity index (χ3v) is 4.64. The standard InChI is InChI=1S/C18H21N3O3/c19-12-14-3-5-15(6-4-14)17(22)21-7-1-2-16(13-21)18(23)20-8-10-24-11-9-20/h3-6,16H,1-2,7-11,13H2/t16-/m1/s1. The van der Waals surface area contributed by atoms with Crippen molar-refractivity contribution >= 4 is 11.8 Å². The van der Waals surface area contributed by atoms with Gasteiger partial charge in [-0.1, -0.05) is 0 Å². The second-order valence-corrected chi connectivity index (χ2v) is 6.22. The van der Waals surface area contributed by atoms with E-state index < -0.39 is 0 Å². The Labute approximate surface area is 141 Å². The van der Waals surface area contributed by atoms with Crippen molar-refractivity contribution in [2.45, 2.75) is 12.8 Å². The molecule has 1 aromatic rings. The minimum Gasteiger partial charge on any atom is -0.378 e. The lowest BCUT2D eigenvalue weighted by Crippen LogP contribution is -2.49. The maximum atomic E-state index is 12.6. The number of amides is 2. The third-order valence-electron chi connectivity index (χ3n) is 4.64. The lowest BCUT2D eigenvalue weighted by Gasteiger charge is -2.36. The molecule has 24 heavy (non-hydrogen) atoms. The van der Waals surface area contributed by atoms with Crippen molar-refractivity contribution in [2.75, 3.05) is 39.4 Å². The molecule has 6 nitrogen and oxygen atoms in total. The van der Waals surface area contributed by atoms with Crippen LogP contribution in [0.4, 0.5) is 0 Å². The van der Waals surface area contributed by atoms with Crippen molar-refractivity contribution in [2.24, 2.45) is 5.92 Å². The van der Waals surface area contributed by atoms with Gasteiger partial charge in [-0.25, -0.2) is 0 Å². The van der Waals surface area contributed by atoms with Crippen LogP contribution >= 0.6 is 0 Å². The smallest absolute Gasteiger partial charge is 0.253 e. The van der Waals surface area contributed by atoms with Crippen LogP contribution in [0.1, 0.15) is 28.8 Å². The van der Waals surface area contributed by atoms with Crippen molar-refractivity contribution in [1.29, 1.82) is 5.26 Å². The average Bonchev–Trinajstić information content (AvgIpc) is 2.67. The van der Waals surface area contributed by atoms with E-state index in [2.05, 4.69) is 0 Å². The van der Waals surface area contributed by atoms with Gasteiger partial charge >= 0.3 is 0 Å². The van der Waals surface area contributed by atoms with Crippen LogP contribution in [-0.2, 0) is 9.53 Å². The molecule has 0 N–H and O–H groups in total. The normalized spacial score (nSPS) is 21.2. The molecular weight excluding hydrogens is 306 g/mol. The first-order valence-electron chi connectivity index (χ1n) is 8.35. The predicted octanol–water partition coefficient (Wildman–Crippen LogP) is 1.27. The highest BCUT2D eigenvalue weighted by molar-refractivity contribution is 5.94. The van der Waals surface area contributed by atoms with Crippen molar-refractivity contribution in [1.82, 2.24) is 9.80 Å². The highest BCUT2D eigenvalue weighted by Gasteiger charge is 2.32. The molecule has 0 radical (unpaired) electrons. The van der Waals surface area contributed by atoms with Crippen molar-refractivity contribution < 1.29 is 14.3 Å².